The zero-order valence-electron chi connectivity index (χ0n) is 15.8. The smallest absolute Gasteiger partial charge is 0.173 e. The van der Waals surface area contributed by atoms with E-state index in [1.54, 1.807) is 0 Å². The molecule has 1 aliphatic carbocycles. The van der Waals surface area contributed by atoms with Gasteiger partial charge in [-0.15, -0.1) is 5.10 Å². The highest BCUT2D eigenvalue weighted by Gasteiger charge is 2.32. The summed E-state index contributed by atoms with van der Waals surface area (Å²) >= 11 is 0. The molecular weight excluding hydrogens is 353 g/mol. The van der Waals surface area contributed by atoms with E-state index in [1.807, 2.05) is 16.8 Å². The Balaban J connectivity index is 1.55. The summed E-state index contributed by atoms with van der Waals surface area (Å²) in [6.45, 7) is 1.77. The molecule has 0 amide bonds. The molecule has 5 rings (SSSR count). The van der Waals surface area contributed by atoms with Gasteiger partial charge in [0.1, 0.15) is 5.82 Å². The highest BCUT2D eigenvalue weighted by Crippen LogP contribution is 2.36. The fourth-order valence-corrected chi connectivity index (χ4v) is 4.70. The lowest BCUT2D eigenvalue weighted by Crippen LogP contribution is -2.36. The number of rotatable bonds is 4. The van der Waals surface area contributed by atoms with Gasteiger partial charge in [-0.3, -0.25) is 4.90 Å². The third-order valence-electron chi connectivity index (χ3n) is 6.14. The summed E-state index contributed by atoms with van der Waals surface area (Å²) in [6.07, 6.45) is 5.69. The molecule has 1 saturated carbocycles. The molecule has 1 aromatic heterocycles. The highest BCUT2D eigenvalue weighted by atomic mass is 19.1. The van der Waals surface area contributed by atoms with E-state index < -0.39 is 0 Å². The fraction of sp³-hybridized carbons (Fsp3) is 0.409. The number of halogens is 1. The second-order valence-corrected chi connectivity index (χ2v) is 7.86. The number of tetrazole rings is 1. The molecule has 0 unspecified atom stereocenters. The van der Waals surface area contributed by atoms with Crippen LogP contribution in [0.15, 0.2) is 48.5 Å². The van der Waals surface area contributed by atoms with E-state index in [-0.39, 0.29) is 11.9 Å². The van der Waals surface area contributed by atoms with Gasteiger partial charge < -0.3 is 0 Å². The molecule has 144 valence electrons. The highest BCUT2D eigenvalue weighted by molar-refractivity contribution is 5.32. The molecule has 1 aliphatic heterocycles. The van der Waals surface area contributed by atoms with Gasteiger partial charge in [0.15, 0.2) is 5.82 Å². The monoisotopic (exact) mass is 377 g/mol. The number of benzene rings is 2. The Hall–Kier alpha value is -2.60. The van der Waals surface area contributed by atoms with Crippen LogP contribution in [-0.4, -0.2) is 31.7 Å². The first-order valence-electron chi connectivity index (χ1n) is 10.1. The van der Waals surface area contributed by atoms with E-state index in [9.17, 15) is 4.39 Å². The van der Waals surface area contributed by atoms with Crippen LogP contribution in [0.25, 0.3) is 0 Å². The van der Waals surface area contributed by atoms with Crippen LogP contribution in [-0.2, 0) is 13.0 Å². The summed E-state index contributed by atoms with van der Waals surface area (Å²) in [5.74, 6) is 0.653. The van der Waals surface area contributed by atoms with Crippen molar-refractivity contribution >= 4 is 0 Å². The van der Waals surface area contributed by atoms with E-state index in [2.05, 4.69) is 44.7 Å². The first kappa shape index (κ1) is 17.5. The number of hydrogen-bond donors (Lipinski definition) is 0. The minimum Gasteiger partial charge on any atom is -0.285 e. The van der Waals surface area contributed by atoms with Crippen molar-refractivity contribution in [2.45, 2.75) is 50.7 Å². The predicted octanol–water partition coefficient (Wildman–Crippen LogP) is 4.08. The molecule has 0 spiro atoms. The number of fused-ring (bicyclic) bond motifs is 1. The maximum Gasteiger partial charge on any atom is 0.173 e. The van der Waals surface area contributed by atoms with Crippen molar-refractivity contribution in [1.82, 2.24) is 25.1 Å². The Morgan fingerprint density at radius 3 is 2.50 bits per heavy atom. The molecule has 0 saturated heterocycles. The third-order valence-corrected chi connectivity index (χ3v) is 6.14. The molecule has 1 fully saturated rings. The summed E-state index contributed by atoms with van der Waals surface area (Å²) in [6, 6.07) is 15.7. The summed E-state index contributed by atoms with van der Waals surface area (Å²) in [7, 11) is 0. The van der Waals surface area contributed by atoms with Gasteiger partial charge in [-0.2, -0.15) is 0 Å². The molecule has 2 heterocycles. The van der Waals surface area contributed by atoms with Gasteiger partial charge in [0.05, 0.1) is 12.1 Å². The fourth-order valence-electron chi connectivity index (χ4n) is 4.70. The van der Waals surface area contributed by atoms with Gasteiger partial charge in [0.25, 0.3) is 0 Å². The van der Waals surface area contributed by atoms with Crippen LogP contribution in [0.1, 0.15) is 60.3 Å². The van der Waals surface area contributed by atoms with Crippen molar-refractivity contribution in [3.63, 3.8) is 0 Å². The topological polar surface area (TPSA) is 46.8 Å². The van der Waals surface area contributed by atoms with Crippen molar-refractivity contribution in [2.24, 2.45) is 0 Å². The van der Waals surface area contributed by atoms with Gasteiger partial charge in [-0.1, -0.05) is 49.2 Å². The Labute approximate surface area is 164 Å². The van der Waals surface area contributed by atoms with Crippen molar-refractivity contribution < 1.29 is 4.39 Å². The SMILES string of the molecule is Fc1ccc([C@H](c2nnnn2C2CCCC2)N2CCc3ccccc3C2)cc1. The first-order valence-corrected chi connectivity index (χ1v) is 10.1. The summed E-state index contributed by atoms with van der Waals surface area (Å²) < 4.78 is 15.6. The largest absolute Gasteiger partial charge is 0.285 e. The third kappa shape index (κ3) is 3.22. The summed E-state index contributed by atoms with van der Waals surface area (Å²) in [5.41, 5.74) is 3.79. The van der Waals surface area contributed by atoms with Gasteiger partial charge in [-0.25, -0.2) is 9.07 Å². The van der Waals surface area contributed by atoms with E-state index >= 15 is 0 Å². The second kappa shape index (κ2) is 7.43. The van der Waals surface area contributed by atoms with Crippen molar-refractivity contribution in [1.29, 1.82) is 0 Å². The Morgan fingerprint density at radius 2 is 1.71 bits per heavy atom. The van der Waals surface area contributed by atoms with Crippen LogP contribution in [0.2, 0.25) is 0 Å². The van der Waals surface area contributed by atoms with E-state index in [0.717, 1.165) is 43.7 Å². The van der Waals surface area contributed by atoms with Crippen LogP contribution < -0.4 is 0 Å². The maximum atomic E-state index is 13.6. The van der Waals surface area contributed by atoms with Crippen LogP contribution in [0.4, 0.5) is 4.39 Å². The minimum absolute atomic E-state index is 0.0791. The Kier molecular flexibility index (Phi) is 4.64. The molecule has 5 nitrogen and oxygen atoms in total. The van der Waals surface area contributed by atoms with Gasteiger partial charge in [0.2, 0.25) is 0 Å². The zero-order valence-corrected chi connectivity index (χ0v) is 15.8. The second-order valence-electron chi connectivity index (χ2n) is 7.86. The Bertz CT molecular complexity index is 946. The van der Waals surface area contributed by atoms with E-state index in [1.165, 1.54) is 36.1 Å². The standard InChI is InChI=1S/C22H24FN5/c23-19-11-9-17(10-12-19)21(22-24-25-26-28(22)20-7-3-4-8-20)27-14-13-16-5-1-2-6-18(16)15-27/h1-2,5-6,9-12,20-21H,3-4,7-8,13-15H2/t21-/m1/s1. The average molecular weight is 377 g/mol. The minimum atomic E-state index is -0.220. The molecular formula is C22H24FN5. The van der Waals surface area contributed by atoms with Gasteiger partial charge in [-0.05, 0) is 58.5 Å². The first-order chi connectivity index (χ1) is 13.8. The lowest BCUT2D eigenvalue weighted by Gasteiger charge is -2.35. The van der Waals surface area contributed by atoms with Crippen molar-refractivity contribution in [3.8, 4) is 0 Å². The van der Waals surface area contributed by atoms with E-state index in [4.69, 9.17) is 0 Å². The zero-order chi connectivity index (χ0) is 18.9. The quantitative estimate of drug-likeness (QED) is 0.687. The Morgan fingerprint density at radius 1 is 0.964 bits per heavy atom. The van der Waals surface area contributed by atoms with E-state index in [0.29, 0.717) is 6.04 Å². The number of hydrogen-bond acceptors (Lipinski definition) is 4. The van der Waals surface area contributed by atoms with Crippen molar-refractivity contribution in [2.75, 3.05) is 6.54 Å². The number of aromatic nitrogens is 4. The predicted molar refractivity (Wildman–Crippen MR) is 104 cm³/mol. The van der Waals surface area contributed by atoms with Crippen LogP contribution in [0, 0.1) is 5.82 Å². The van der Waals surface area contributed by atoms with Crippen LogP contribution in [0.3, 0.4) is 0 Å². The van der Waals surface area contributed by atoms with Gasteiger partial charge in [0, 0.05) is 13.1 Å². The molecule has 6 heteroatoms. The molecule has 2 aliphatic rings. The maximum absolute atomic E-state index is 13.6. The molecule has 3 aromatic rings. The van der Waals surface area contributed by atoms with Crippen LogP contribution in [0.5, 0.6) is 0 Å². The van der Waals surface area contributed by atoms with Crippen molar-refractivity contribution in [3.05, 3.63) is 76.9 Å². The lowest BCUT2D eigenvalue weighted by atomic mass is 9.96. The molecule has 0 radical (unpaired) electrons. The summed E-state index contributed by atoms with van der Waals surface area (Å²) in [4.78, 5) is 2.42. The van der Waals surface area contributed by atoms with Gasteiger partial charge >= 0.3 is 0 Å². The lowest BCUT2D eigenvalue weighted by molar-refractivity contribution is 0.191. The van der Waals surface area contributed by atoms with Crippen LogP contribution >= 0.6 is 0 Å². The molecule has 2 aromatic carbocycles. The number of nitrogens with zero attached hydrogens (tertiary/aromatic N) is 5. The molecule has 28 heavy (non-hydrogen) atoms. The average Bonchev–Trinajstić information content (AvgIpc) is 3.41. The molecule has 0 bridgehead atoms. The normalized spacial score (nSPS) is 18.9. The molecule has 0 N–H and O–H groups in total. The summed E-state index contributed by atoms with van der Waals surface area (Å²) in [5, 5.41) is 12.8. The molecule has 1 atom stereocenters.